The standard InChI is InChI=1S/C14H10ClN3O3/c1-6-2-7(15)4-8(3-6)18-10(19)5-9-11(12(18)16)14(21)17-13(9)20/h2-5H,16H2,1H3,(H,17,20,21). The third-order valence-corrected chi connectivity index (χ3v) is 3.46. The van der Waals surface area contributed by atoms with Crippen molar-refractivity contribution in [2.75, 3.05) is 5.73 Å². The van der Waals surface area contributed by atoms with Crippen LogP contribution < -0.4 is 16.6 Å². The number of carbonyl (C=O) groups excluding carboxylic acids is 2. The molecule has 1 aromatic heterocycles. The number of carbonyl (C=O) groups is 2. The Morgan fingerprint density at radius 2 is 1.81 bits per heavy atom. The maximum absolute atomic E-state index is 12.2. The Hall–Kier alpha value is -2.60. The van der Waals surface area contributed by atoms with Crippen molar-refractivity contribution in [3.63, 3.8) is 0 Å². The second kappa shape index (κ2) is 4.46. The van der Waals surface area contributed by atoms with Gasteiger partial charge in [-0.15, -0.1) is 0 Å². The van der Waals surface area contributed by atoms with E-state index < -0.39 is 17.4 Å². The van der Waals surface area contributed by atoms with Crippen LogP contribution in [0.3, 0.4) is 0 Å². The molecule has 0 saturated carbocycles. The zero-order valence-corrected chi connectivity index (χ0v) is 11.7. The Morgan fingerprint density at radius 3 is 2.48 bits per heavy atom. The van der Waals surface area contributed by atoms with Gasteiger partial charge in [0, 0.05) is 11.1 Å². The van der Waals surface area contributed by atoms with Gasteiger partial charge in [0.15, 0.2) is 0 Å². The molecule has 0 radical (unpaired) electrons. The number of aryl methyl sites for hydroxylation is 1. The van der Waals surface area contributed by atoms with Gasteiger partial charge in [-0.1, -0.05) is 11.6 Å². The number of benzene rings is 1. The minimum atomic E-state index is -0.617. The van der Waals surface area contributed by atoms with Crippen LogP contribution in [-0.4, -0.2) is 16.4 Å². The van der Waals surface area contributed by atoms with Gasteiger partial charge in [0.1, 0.15) is 5.82 Å². The van der Waals surface area contributed by atoms with Gasteiger partial charge >= 0.3 is 0 Å². The van der Waals surface area contributed by atoms with Crippen molar-refractivity contribution in [2.45, 2.75) is 6.92 Å². The maximum Gasteiger partial charge on any atom is 0.262 e. The number of nitrogens with two attached hydrogens (primary N) is 1. The van der Waals surface area contributed by atoms with Crippen LogP contribution in [0.5, 0.6) is 0 Å². The average Bonchev–Trinajstić information content (AvgIpc) is 2.63. The van der Waals surface area contributed by atoms with Crippen LogP contribution in [0.15, 0.2) is 29.1 Å². The molecule has 1 aromatic carbocycles. The lowest BCUT2D eigenvalue weighted by molar-refractivity contribution is 0.0880. The number of rotatable bonds is 1. The maximum atomic E-state index is 12.2. The quantitative estimate of drug-likeness (QED) is 0.776. The van der Waals surface area contributed by atoms with E-state index in [9.17, 15) is 14.4 Å². The summed E-state index contributed by atoms with van der Waals surface area (Å²) in [5.41, 5.74) is 6.71. The van der Waals surface area contributed by atoms with Crippen LogP contribution in [0.25, 0.3) is 5.69 Å². The first-order chi connectivity index (χ1) is 9.88. The van der Waals surface area contributed by atoms with Crippen molar-refractivity contribution >= 4 is 29.2 Å². The summed E-state index contributed by atoms with van der Waals surface area (Å²) in [5, 5.41) is 2.56. The SMILES string of the molecule is Cc1cc(Cl)cc(-n2c(N)c3c(cc2=O)C(=O)NC3=O)c1. The molecule has 0 aliphatic carbocycles. The van der Waals surface area contributed by atoms with Crippen molar-refractivity contribution in [3.05, 3.63) is 56.3 Å². The van der Waals surface area contributed by atoms with Crippen molar-refractivity contribution in [3.8, 4) is 5.69 Å². The van der Waals surface area contributed by atoms with Gasteiger partial charge in [-0.3, -0.25) is 24.3 Å². The van der Waals surface area contributed by atoms with E-state index in [1.165, 1.54) is 0 Å². The molecule has 2 amide bonds. The van der Waals surface area contributed by atoms with E-state index in [0.717, 1.165) is 16.2 Å². The molecular formula is C14H10ClN3O3. The normalized spacial score (nSPS) is 13.2. The summed E-state index contributed by atoms with van der Waals surface area (Å²) in [6.45, 7) is 1.82. The number of pyridine rings is 1. The number of imide groups is 1. The number of fused-ring (bicyclic) bond motifs is 1. The average molecular weight is 304 g/mol. The minimum Gasteiger partial charge on any atom is -0.384 e. The lowest BCUT2D eigenvalue weighted by Gasteiger charge is -2.12. The number of halogens is 1. The molecule has 0 bridgehead atoms. The van der Waals surface area contributed by atoms with Crippen molar-refractivity contribution < 1.29 is 9.59 Å². The van der Waals surface area contributed by atoms with Crippen LogP contribution in [0, 0.1) is 6.92 Å². The molecule has 2 aromatic rings. The highest BCUT2D eigenvalue weighted by Crippen LogP contribution is 2.24. The summed E-state index contributed by atoms with van der Waals surface area (Å²) in [6, 6.07) is 6.11. The molecule has 1 aliphatic heterocycles. The summed E-state index contributed by atoms with van der Waals surface area (Å²) in [4.78, 5) is 35.6. The lowest BCUT2D eigenvalue weighted by atomic mass is 10.1. The Kier molecular flexibility index (Phi) is 2.84. The summed E-state index contributed by atoms with van der Waals surface area (Å²) in [5.74, 6) is -1.31. The predicted molar refractivity (Wildman–Crippen MR) is 78.0 cm³/mol. The van der Waals surface area contributed by atoms with E-state index in [0.29, 0.717) is 10.7 Å². The third-order valence-electron chi connectivity index (χ3n) is 3.24. The van der Waals surface area contributed by atoms with Gasteiger partial charge in [0.05, 0.1) is 16.8 Å². The van der Waals surface area contributed by atoms with E-state index in [2.05, 4.69) is 5.32 Å². The first-order valence-electron chi connectivity index (χ1n) is 6.07. The molecule has 6 nitrogen and oxygen atoms in total. The smallest absolute Gasteiger partial charge is 0.262 e. The number of amides is 2. The van der Waals surface area contributed by atoms with Crippen molar-refractivity contribution in [2.24, 2.45) is 0 Å². The van der Waals surface area contributed by atoms with Crippen LogP contribution in [0.4, 0.5) is 5.82 Å². The Balaban J connectivity index is 2.35. The Bertz CT molecular complexity index is 850. The van der Waals surface area contributed by atoms with Crippen LogP contribution in [0.2, 0.25) is 5.02 Å². The van der Waals surface area contributed by atoms with E-state index in [1.807, 2.05) is 6.92 Å². The second-order valence-corrected chi connectivity index (χ2v) is 5.20. The second-order valence-electron chi connectivity index (χ2n) is 4.76. The molecule has 0 atom stereocenters. The van der Waals surface area contributed by atoms with E-state index in [1.54, 1.807) is 18.2 Å². The van der Waals surface area contributed by atoms with Crippen LogP contribution >= 0.6 is 11.6 Å². The topological polar surface area (TPSA) is 94.2 Å². The Labute approximate surface area is 124 Å². The molecule has 0 saturated heterocycles. The third kappa shape index (κ3) is 2.00. The molecule has 1 aliphatic rings. The first-order valence-corrected chi connectivity index (χ1v) is 6.45. The highest BCUT2D eigenvalue weighted by Gasteiger charge is 2.31. The highest BCUT2D eigenvalue weighted by molar-refractivity contribution is 6.30. The number of nitrogens with one attached hydrogen (secondary N) is 1. The van der Waals surface area contributed by atoms with Crippen LogP contribution in [-0.2, 0) is 0 Å². The predicted octanol–water partition coefficient (Wildman–Crippen LogP) is 1.27. The Morgan fingerprint density at radius 1 is 1.10 bits per heavy atom. The van der Waals surface area contributed by atoms with E-state index >= 15 is 0 Å². The highest BCUT2D eigenvalue weighted by atomic mass is 35.5. The van der Waals surface area contributed by atoms with Gasteiger partial charge in [-0.05, 0) is 30.7 Å². The largest absolute Gasteiger partial charge is 0.384 e. The van der Waals surface area contributed by atoms with Gasteiger partial charge in [0.2, 0.25) is 0 Å². The number of nitrogens with zero attached hydrogens (tertiary/aromatic N) is 1. The molecule has 7 heteroatoms. The number of hydrogen-bond donors (Lipinski definition) is 2. The summed E-state index contributed by atoms with van der Waals surface area (Å²) < 4.78 is 1.16. The number of nitrogen functional groups attached to an aromatic ring is 1. The van der Waals surface area contributed by atoms with E-state index in [4.69, 9.17) is 17.3 Å². The molecule has 2 heterocycles. The molecule has 21 heavy (non-hydrogen) atoms. The molecule has 0 spiro atoms. The zero-order chi connectivity index (χ0) is 15.3. The summed E-state index contributed by atoms with van der Waals surface area (Å²) >= 11 is 5.98. The van der Waals surface area contributed by atoms with Gasteiger partial charge in [-0.25, -0.2) is 0 Å². The fourth-order valence-electron chi connectivity index (χ4n) is 2.39. The van der Waals surface area contributed by atoms with Gasteiger partial charge < -0.3 is 5.73 Å². The molecule has 0 fully saturated rings. The number of aromatic nitrogens is 1. The monoisotopic (exact) mass is 303 g/mol. The molecule has 106 valence electrons. The van der Waals surface area contributed by atoms with Crippen molar-refractivity contribution in [1.29, 1.82) is 0 Å². The number of hydrogen-bond acceptors (Lipinski definition) is 4. The fourth-order valence-corrected chi connectivity index (χ4v) is 2.68. The molecule has 3 N–H and O–H groups in total. The van der Waals surface area contributed by atoms with Gasteiger partial charge in [-0.2, -0.15) is 0 Å². The zero-order valence-electron chi connectivity index (χ0n) is 10.9. The summed E-state index contributed by atoms with van der Waals surface area (Å²) in [6.07, 6.45) is 0. The minimum absolute atomic E-state index is 0.00231. The van der Waals surface area contributed by atoms with Gasteiger partial charge in [0.25, 0.3) is 17.4 Å². The molecule has 3 rings (SSSR count). The summed E-state index contributed by atoms with van der Waals surface area (Å²) in [7, 11) is 0. The first kappa shape index (κ1) is 13.4. The lowest BCUT2D eigenvalue weighted by Crippen LogP contribution is -2.24. The molecular weight excluding hydrogens is 294 g/mol. The van der Waals surface area contributed by atoms with Crippen molar-refractivity contribution in [1.82, 2.24) is 9.88 Å². The van der Waals surface area contributed by atoms with E-state index in [-0.39, 0.29) is 16.9 Å². The number of anilines is 1. The van der Waals surface area contributed by atoms with Crippen LogP contribution in [0.1, 0.15) is 26.3 Å². The molecule has 0 unspecified atom stereocenters. The fraction of sp³-hybridized carbons (Fsp3) is 0.0714.